The first-order valence-corrected chi connectivity index (χ1v) is 5.98. The zero-order chi connectivity index (χ0) is 11.3. The van der Waals surface area contributed by atoms with Crippen molar-refractivity contribution in [1.29, 1.82) is 0 Å². The van der Waals surface area contributed by atoms with E-state index in [-0.39, 0.29) is 6.10 Å². The van der Waals surface area contributed by atoms with E-state index < -0.39 is 0 Å². The van der Waals surface area contributed by atoms with Crippen LogP contribution < -0.4 is 5.32 Å². The van der Waals surface area contributed by atoms with Crippen LogP contribution in [0.4, 0.5) is 0 Å². The molecule has 0 aliphatic carbocycles. The van der Waals surface area contributed by atoms with Crippen LogP contribution in [-0.4, -0.2) is 19.8 Å². The summed E-state index contributed by atoms with van der Waals surface area (Å²) in [6, 6.07) is 5.90. The topological polar surface area (TPSA) is 21.3 Å². The van der Waals surface area contributed by atoms with Gasteiger partial charge in [0.1, 0.15) is 0 Å². The third kappa shape index (κ3) is 4.51. The molecule has 1 rings (SSSR count). The number of nitrogens with one attached hydrogen (secondary N) is 1. The predicted molar refractivity (Wildman–Crippen MR) is 67.3 cm³/mol. The van der Waals surface area contributed by atoms with Crippen molar-refractivity contribution < 1.29 is 4.74 Å². The first-order chi connectivity index (χ1) is 7.13. The van der Waals surface area contributed by atoms with E-state index in [0.29, 0.717) is 0 Å². The highest BCUT2D eigenvalue weighted by molar-refractivity contribution is 9.10. The van der Waals surface area contributed by atoms with E-state index in [1.807, 2.05) is 25.1 Å². The molecule has 0 bridgehead atoms. The first-order valence-electron chi connectivity index (χ1n) is 4.81. The Morgan fingerprint density at radius 3 is 2.87 bits per heavy atom. The number of methoxy groups -OCH3 is 1. The van der Waals surface area contributed by atoms with Gasteiger partial charge in [-0.2, -0.15) is 0 Å². The van der Waals surface area contributed by atoms with Crippen LogP contribution in [0.15, 0.2) is 22.7 Å². The molecule has 0 amide bonds. The Balaban J connectivity index is 2.44. The quantitative estimate of drug-likeness (QED) is 0.900. The van der Waals surface area contributed by atoms with Gasteiger partial charge in [-0.15, -0.1) is 0 Å². The second kappa shape index (κ2) is 6.48. The fourth-order valence-corrected chi connectivity index (χ4v) is 1.90. The average Bonchev–Trinajstić information content (AvgIpc) is 2.21. The average molecular weight is 293 g/mol. The number of benzene rings is 1. The molecular formula is C11H15BrClNO. The van der Waals surface area contributed by atoms with Crippen molar-refractivity contribution in [2.24, 2.45) is 0 Å². The van der Waals surface area contributed by atoms with E-state index in [1.54, 1.807) is 7.11 Å². The monoisotopic (exact) mass is 291 g/mol. The minimum absolute atomic E-state index is 0.222. The van der Waals surface area contributed by atoms with Crippen LogP contribution >= 0.6 is 27.5 Å². The summed E-state index contributed by atoms with van der Waals surface area (Å²) in [5.74, 6) is 0. The maximum absolute atomic E-state index is 6.08. The minimum Gasteiger partial charge on any atom is -0.380 e. The highest BCUT2D eigenvalue weighted by atomic mass is 79.9. The van der Waals surface area contributed by atoms with Gasteiger partial charge in [-0.05, 0) is 24.6 Å². The van der Waals surface area contributed by atoms with Gasteiger partial charge in [0.2, 0.25) is 0 Å². The molecule has 1 aromatic carbocycles. The van der Waals surface area contributed by atoms with Gasteiger partial charge >= 0.3 is 0 Å². The largest absolute Gasteiger partial charge is 0.380 e. The number of hydrogen-bond acceptors (Lipinski definition) is 2. The molecule has 0 fully saturated rings. The van der Waals surface area contributed by atoms with Gasteiger partial charge in [0, 0.05) is 29.7 Å². The van der Waals surface area contributed by atoms with Crippen LogP contribution in [0.5, 0.6) is 0 Å². The van der Waals surface area contributed by atoms with Gasteiger partial charge in [0.25, 0.3) is 0 Å². The summed E-state index contributed by atoms with van der Waals surface area (Å²) < 4.78 is 6.14. The molecule has 0 heterocycles. The van der Waals surface area contributed by atoms with Gasteiger partial charge in [-0.25, -0.2) is 0 Å². The Labute approximate surface area is 104 Å². The summed E-state index contributed by atoms with van der Waals surface area (Å²) in [7, 11) is 1.71. The Bertz CT molecular complexity index is 319. The summed E-state index contributed by atoms with van der Waals surface area (Å²) in [5, 5.41) is 4.07. The van der Waals surface area contributed by atoms with E-state index in [2.05, 4.69) is 21.2 Å². The van der Waals surface area contributed by atoms with E-state index in [9.17, 15) is 0 Å². The van der Waals surface area contributed by atoms with Crippen LogP contribution in [0.2, 0.25) is 5.02 Å². The van der Waals surface area contributed by atoms with Crippen molar-refractivity contribution in [3.05, 3.63) is 33.3 Å². The Kier molecular flexibility index (Phi) is 5.61. The van der Waals surface area contributed by atoms with E-state index in [4.69, 9.17) is 16.3 Å². The van der Waals surface area contributed by atoms with Gasteiger partial charge in [-0.1, -0.05) is 33.6 Å². The second-order valence-electron chi connectivity index (χ2n) is 3.41. The summed E-state index contributed by atoms with van der Waals surface area (Å²) in [6.07, 6.45) is 0.222. The maximum atomic E-state index is 6.08. The SMILES string of the molecule is COC(C)CNCc1ccc(Br)cc1Cl. The van der Waals surface area contributed by atoms with Crippen molar-refractivity contribution >= 4 is 27.5 Å². The van der Waals surface area contributed by atoms with Crippen LogP contribution in [0, 0.1) is 0 Å². The molecule has 1 unspecified atom stereocenters. The molecule has 2 nitrogen and oxygen atoms in total. The minimum atomic E-state index is 0.222. The molecular weight excluding hydrogens is 277 g/mol. The fraction of sp³-hybridized carbons (Fsp3) is 0.455. The van der Waals surface area contributed by atoms with Gasteiger partial charge in [0.05, 0.1) is 6.10 Å². The molecule has 0 aliphatic rings. The lowest BCUT2D eigenvalue weighted by Crippen LogP contribution is -2.25. The standard InChI is InChI=1S/C11H15BrClNO/c1-8(15-2)6-14-7-9-3-4-10(12)5-11(9)13/h3-5,8,14H,6-7H2,1-2H3. The Hall–Kier alpha value is -0.0900. The molecule has 0 saturated carbocycles. The lowest BCUT2D eigenvalue weighted by molar-refractivity contribution is 0.117. The number of ether oxygens (including phenoxy) is 1. The van der Waals surface area contributed by atoms with Crippen molar-refractivity contribution in [2.75, 3.05) is 13.7 Å². The molecule has 1 atom stereocenters. The molecule has 0 radical (unpaired) electrons. The van der Waals surface area contributed by atoms with Gasteiger partial charge in [0.15, 0.2) is 0 Å². The summed E-state index contributed by atoms with van der Waals surface area (Å²) in [6.45, 7) is 3.61. The molecule has 0 aromatic heterocycles. The Morgan fingerprint density at radius 1 is 1.53 bits per heavy atom. The summed E-state index contributed by atoms with van der Waals surface area (Å²) >= 11 is 9.45. The van der Waals surface area contributed by atoms with Gasteiger partial charge < -0.3 is 10.1 Å². The van der Waals surface area contributed by atoms with Crippen LogP contribution in [0.1, 0.15) is 12.5 Å². The highest BCUT2D eigenvalue weighted by Gasteiger charge is 2.02. The van der Waals surface area contributed by atoms with Crippen molar-refractivity contribution in [2.45, 2.75) is 19.6 Å². The maximum Gasteiger partial charge on any atom is 0.0667 e. The molecule has 0 aliphatic heterocycles. The molecule has 1 aromatic rings. The molecule has 0 spiro atoms. The third-order valence-corrected chi connectivity index (χ3v) is 3.01. The van der Waals surface area contributed by atoms with Crippen LogP contribution in [0.25, 0.3) is 0 Å². The predicted octanol–water partition coefficient (Wildman–Crippen LogP) is 3.23. The molecule has 84 valence electrons. The normalized spacial score (nSPS) is 12.8. The fourth-order valence-electron chi connectivity index (χ4n) is 1.16. The highest BCUT2D eigenvalue weighted by Crippen LogP contribution is 2.21. The van der Waals surface area contributed by atoms with Gasteiger partial charge in [-0.3, -0.25) is 0 Å². The lowest BCUT2D eigenvalue weighted by Gasteiger charge is -2.11. The summed E-state index contributed by atoms with van der Waals surface area (Å²) in [5.41, 5.74) is 1.10. The van der Waals surface area contributed by atoms with Crippen molar-refractivity contribution in [3.63, 3.8) is 0 Å². The van der Waals surface area contributed by atoms with E-state index in [1.165, 1.54) is 0 Å². The third-order valence-electron chi connectivity index (χ3n) is 2.16. The molecule has 4 heteroatoms. The van der Waals surface area contributed by atoms with E-state index >= 15 is 0 Å². The lowest BCUT2D eigenvalue weighted by atomic mass is 10.2. The van der Waals surface area contributed by atoms with Crippen molar-refractivity contribution in [3.8, 4) is 0 Å². The van der Waals surface area contributed by atoms with E-state index in [0.717, 1.165) is 28.1 Å². The van der Waals surface area contributed by atoms with Crippen LogP contribution in [-0.2, 0) is 11.3 Å². The molecule has 0 saturated heterocycles. The molecule has 15 heavy (non-hydrogen) atoms. The molecule has 1 N–H and O–H groups in total. The number of hydrogen-bond donors (Lipinski definition) is 1. The number of rotatable bonds is 5. The zero-order valence-electron chi connectivity index (χ0n) is 8.89. The van der Waals surface area contributed by atoms with Crippen LogP contribution in [0.3, 0.4) is 0 Å². The number of halogens is 2. The first kappa shape index (κ1) is 13.0. The summed E-state index contributed by atoms with van der Waals surface area (Å²) in [4.78, 5) is 0. The van der Waals surface area contributed by atoms with Crippen molar-refractivity contribution in [1.82, 2.24) is 5.32 Å². The smallest absolute Gasteiger partial charge is 0.0667 e. The Morgan fingerprint density at radius 2 is 2.27 bits per heavy atom. The second-order valence-corrected chi connectivity index (χ2v) is 4.74. The zero-order valence-corrected chi connectivity index (χ0v) is 11.2.